The monoisotopic (exact) mass is 276 g/mol. The molecule has 1 fully saturated rings. The van der Waals surface area contributed by atoms with Crippen LogP contribution in [0.5, 0.6) is 0 Å². The van der Waals surface area contributed by atoms with Gasteiger partial charge in [-0.05, 0) is 12.8 Å². The first-order valence-electron chi connectivity index (χ1n) is 6.08. The summed E-state index contributed by atoms with van der Waals surface area (Å²) in [5, 5.41) is 2.62. The van der Waals surface area contributed by atoms with Crippen molar-refractivity contribution in [1.82, 2.24) is 10.2 Å². The van der Waals surface area contributed by atoms with Crippen LogP contribution in [0.15, 0.2) is 0 Å². The van der Waals surface area contributed by atoms with E-state index in [0.717, 1.165) is 6.42 Å². The van der Waals surface area contributed by atoms with Gasteiger partial charge in [0.2, 0.25) is 11.8 Å². The number of amides is 2. The van der Waals surface area contributed by atoms with Crippen molar-refractivity contribution < 1.29 is 18.0 Å². The summed E-state index contributed by atoms with van der Waals surface area (Å²) in [5.74, 6) is -0.511. The van der Waals surface area contributed by atoms with Gasteiger partial charge in [-0.15, -0.1) is 0 Å². The molecule has 0 aromatic carbocycles. The van der Waals surface area contributed by atoms with Crippen LogP contribution < -0.4 is 5.32 Å². The minimum Gasteiger partial charge on any atom is -0.356 e. The number of sulfone groups is 1. The van der Waals surface area contributed by atoms with Crippen LogP contribution in [0, 0.1) is 0 Å². The zero-order chi connectivity index (χ0) is 13.8. The van der Waals surface area contributed by atoms with Crippen LogP contribution in [0.1, 0.15) is 26.2 Å². The van der Waals surface area contributed by atoms with Crippen molar-refractivity contribution in [3.63, 3.8) is 0 Å². The fourth-order valence-corrected chi connectivity index (χ4v) is 3.65. The standard InChI is InChI=1S/C11H20N2O4S/c1-3-5-12-10(14)7-11(15)13(2)9-4-6-18(16,17)8-9/h9H,3-8H2,1-2H3,(H,12,14). The van der Waals surface area contributed by atoms with E-state index in [1.807, 2.05) is 6.92 Å². The minimum absolute atomic E-state index is 0.00577. The molecule has 6 nitrogen and oxygen atoms in total. The Morgan fingerprint density at radius 1 is 1.39 bits per heavy atom. The van der Waals surface area contributed by atoms with Crippen molar-refractivity contribution in [3.05, 3.63) is 0 Å². The summed E-state index contributed by atoms with van der Waals surface area (Å²) in [4.78, 5) is 24.6. The Kier molecular flexibility index (Phi) is 5.13. The molecule has 0 bridgehead atoms. The Labute approximate surface area is 108 Å². The third kappa shape index (κ3) is 4.29. The lowest BCUT2D eigenvalue weighted by molar-refractivity contribution is -0.136. The predicted molar refractivity (Wildman–Crippen MR) is 67.7 cm³/mol. The topological polar surface area (TPSA) is 83.6 Å². The number of hydrogen-bond donors (Lipinski definition) is 1. The Morgan fingerprint density at radius 3 is 2.56 bits per heavy atom. The van der Waals surface area contributed by atoms with Gasteiger partial charge in [0.25, 0.3) is 0 Å². The Hall–Kier alpha value is -1.11. The molecule has 0 radical (unpaired) electrons. The average Bonchev–Trinajstić information content (AvgIpc) is 2.65. The van der Waals surface area contributed by atoms with E-state index >= 15 is 0 Å². The molecule has 1 aliphatic rings. The van der Waals surface area contributed by atoms with E-state index in [-0.39, 0.29) is 35.8 Å². The number of nitrogens with one attached hydrogen (secondary N) is 1. The van der Waals surface area contributed by atoms with Gasteiger partial charge >= 0.3 is 0 Å². The summed E-state index contributed by atoms with van der Waals surface area (Å²) in [6, 6.07) is -0.290. The lowest BCUT2D eigenvalue weighted by atomic mass is 10.2. The van der Waals surface area contributed by atoms with Crippen molar-refractivity contribution in [2.75, 3.05) is 25.1 Å². The molecule has 1 N–H and O–H groups in total. The zero-order valence-corrected chi connectivity index (χ0v) is 11.6. The second-order valence-electron chi connectivity index (χ2n) is 4.59. The van der Waals surface area contributed by atoms with Crippen molar-refractivity contribution in [3.8, 4) is 0 Å². The zero-order valence-electron chi connectivity index (χ0n) is 10.8. The number of carbonyl (C=O) groups is 2. The molecule has 1 unspecified atom stereocenters. The van der Waals surface area contributed by atoms with Gasteiger partial charge in [-0.1, -0.05) is 6.92 Å². The molecule has 0 saturated carbocycles. The van der Waals surface area contributed by atoms with Gasteiger partial charge in [0.05, 0.1) is 11.5 Å². The normalized spacial score (nSPS) is 21.6. The molecule has 1 saturated heterocycles. The van der Waals surface area contributed by atoms with E-state index in [1.165, 1.54) is 4.90 Å². The molecule has 104 valence electrons. The summed E-state index contributed by atoms with van der Waals surface area (Å²) < 4.78 is 22.6. The maximum Gasteiger partial charge on any atom is 0.232 e. The lowest BCUT2D eigenvalue weighted by Crippen LogP contribution is -2.40. The molecule has 0 aromatic rings. The van der Waals surface area contributed by atoms with Crippen molar-refractivity contribution in [2.45, 2.75) is 32.2 Å². The highest BCUT2D eigenvalue weighted by Crippen LogP contribution is 2.17. The van der Waals surface area contributed by atoms with Gasteiger partial charge in [0.15, 0.2) is 9.84 Å². The molecule has 1 heterocycles. The van der Waals surface area contributed by atoms with E-state index in [0.29, 0.717) is 13.0 Å². The number of carbonyl (C=O) groups excluding carboxylic acids is 2. The molecule has 1 aliphatic heterocycles. The first-order valence-corrected chi connectivity index (χ1v) is 7.90. The number of hydrogen-bond acceptors (Lipinski definition) is 4. The average molecular weight is 276 g/mol. The van der Waals surface area contributed by atoms with E-state index in [1.54, 1.807) is 7.05 Å². The molecule has 0 spiro atoms. The summed E-state index contributed by atoms with van der Waals surface area (Å²) in [7, 11) is -1.45. The first-order chi connectivity index (χ1) is 8.35. The quantitative estimate of drug-likeness (QED) is 0.689. The summed E-state index contributed by atoms with van der Waals surface area (Å²) in [5.41, 5.74) is 0. The third-order valence-electron chi connectivity index (χ3n) is 3.03. The smallest absolute Gasteiger partial charge is 0.232 e. The van der Waals surface area contributed by atoms with E-state index in [2.05, 4.69) is 5.32 Å². The van der Waals surface area contributed by atoms with E-state index in [9.17, 15) is 18.0 Å². The molecule has 18 heavy (non-hydrogen) atoms. The molecule has 0 aliphatic carbocycles. The summed E-state index contributed by atoms with van der Waals surface area (Å²) >= 11 is 0. The van der Waals surface area contributed by atoms with Crippen LogP contribution >= 0.6 is 0 Å². The largest absolute Gasteiger partial charge is 0.356 e. The highest BCUT2D eigenvalue weighted by molar-refractivity contribution is 7.91. The van der Waals surface area contributed by atoms with Gasteiger partial charge < -0.3 is 10.2 Å². The third-order valence-corrected chi connectivity index (χ3v) is 4.78. The molecule has 1 atom stereocenters. The Bertz CT molecular complexity index is 419. The van der Waals surface area contributed by atoms with Crippen LogP contribution in [-0.2, 0) is 19.4 Å². The van der Waals surface area contributed by atoms with Gasteiger partial charge in [-0.2, -0.15) is 0 Å². The maximum atomic E-state index is 11.8. The fraction of sp³-hybridized carbons (Fsp3) is 0.818. The fourth-order valence-electron chi connectivity index (χ4n) is 1.87. The van der Waals surface area contributed by atoms with Gasteiger partial charge in [-0.25, -0.2) is 8.42 Å². The highest BCUT2D eigenvalue weighted by atomic mass is 32.2. The highest BCUT2D eigenvalue weighted by Gasteiger charge is 2.32. The van der Waals surface area contributed by atoms with Gasteiger partial charge in [0, 0.05) is 19.6 Å². The van der Waals surface area contributed by atoms with Crippen LogP contribution in [0.2, 0.25) is 0 Å². The van der Waals surface area contributed by atoms with Crippen LogP contribution in [0.3, 0.4) is 0 Å². The second-order valence-corrected chi connectivity index (χ2v) is 6.82. The van der Waals surface area contributed by atoms with E-state index in [4.69, 9.17) is 0 Å². The summed E-state index contributed by atoms with van der Waals surface area (Å²) in [6.45, 7) is 2.48. The van der Waals surface area contributed by atoms with Crippen molar-refractivity contribution in [2.24, 2.45) is 0 Å². The lowest BCUT2D eigenvalue weighted by Gasteiger charge is -2.23. The molecular formula is C11H20N2O4S. The molecule has 2 amide bonds. The Balaban J connectivity index is 2.45. The molecule has 0 aromatic heterocycles. The second kappa shape index (κ2) is 6.17. The van der Waals surface area contributed by atoms with Crippen LogP contribution in [0.25, 0.3) is 0 Å². The predicted octanol–water partition coefficient (Wildman–Crippen LogP) is -0.452. The van der Waals surface area contributed by atoms with Crippen LogP contribution in [0.4, 0.5) is 0 Å². The number of nitrogens with zero attached hydrogens (tertiary/aromatic N) is 1. The maximum absolute atomic E-state index is 11.8. The SMILES string of the molecule is CCCNC(=O)CC(=O)N(C)C1CCS(=O)(=O)C1. The first kappa shape index (κ1) is 14.9. The number of rotatable bonds is 5. The van der Waals surface area contributed by atoms with Crippen LogP contribution in [-0.4, -0.2) is 56.3 Å². The van der Waals surface area contributed by atoms with Gasteiger partial charge in [-0.3, -0.25) is 9.59 Å². The van der Waals surface area contributed by atoms with Gasteiger partial charge in [0.1, 0.15) is 6.42 Å². The molecular weight excluding hydrogens is 256 g/mol. The molecule has 1 rings (SSSR count). The van der Waals surface area contributed by atoms with E-state index < -0.39 is 9.84 Å². The summed E-state index contributed by atoms with van der Waals surface area (Å²) in [6.07, 6.45) is 1.06. The minimum atomic E-state index is -3.01. The van der Waals surface area contributed by atoms with Crippen molar-refractivity contribution in [1.29, 1.82) is 0 Å². The Morgan fingerprint density at radius 2 is 2.06 bits per heavy atom. The molecule has 7 heteroatoms. The van der Waals surface area contributed by atoms with Crippen molar-refractivity contribution >= 4 is 21.7 Å².